The maximum Gasteiger partial charge on any atom is 0.316 e. The van der Waals surface area contributed by atoms with Gasteiger partial charge in [0.1, 0.15) is 5.92 Å². The van der Waals surface area contributed by atoms with E-state index in [1.165, 1.54) is 0 Å². The summed E-state index contributed by atoms with van der Waals surface area (Å²) in [6.45, 7) is 1.67. The number of rotatable bonds is 3. The number of esters is 1. The highest BCUT2D eigenvalue weighted by Crippen LogP contribution is 2.19. The van der Waals surface area contributed by atoms with Gasteiger partial charge in [0, 0.05) is 6.42 Å². The first-order chi connectivity index (χ1) is 8.08. The molecule has 2 N–H and O–H groups in total. The molecule has 0 amide bonds. The molecule has 0 saturated heterocycles. The highest BCUT2D eigenvalue weighted by atomic mass is 16.5. The van der Waals surface area contributed by atoms with Crippen LogP contribution in [0.25, 0.3) is 0 Å². The van der Waals surface area contributed by atoms with Gasteiger partial charge in [-0.25, -0.2) is 0 Å². The lowest BCUT2D eigenvalue weighted by atomic mass is 9.87. The molecule has 1 saturated carbocycles. The number of Topliss-reactive ketones (excluding diaryl/α,β-unsaturated/α-hetero) is 2. The van der Waals surface area contributed by atoms with Crippen LogP contribution in [0.4, 0.5) is 0 Å². The molecule has 1 aliphatic carbocycles. The largest absolute Gasteiger partial charge is 0.465 e. The fraction of sp³-hybridized carbons (Fsp3) is 0.727. The summed E-state index contributed by atoms with van der Waals surface area (Å²) in [5, 5.41) is 15.2. The SMILES string of the molecule is CCOC(=O)C1CCCC(=O)C1=O.OCCO. The Bertz CT molecular complexity index is 271. The molecule has 1 fully saturated rings. The van der Waals surface area contributed by atoms with Crippen molar-refractivity contribution in [3.63, 3.8) is 0 Å². The average Bonchev–Trinajstić information content (AvgIpc) is 2.33. The minimum Gasteiger partial charge on any atom is -0.465 e. The van der Waals surface area contributed by atoms with Crippen molar-refractivity contribution < 1.29 is 29.3 Å². The van der Waals surface area contributed by atoms with E-state index in [0.29, 0.717) is 12.8 Å². The van der Waals surface area contributed by atoms with Gasteiger partial charge >= 0.3 is 5.97 Å². The maximum atomic E-state index is 11.2. The first-order valence-electron chi connectivity index (χ1n) is 5.53. The second-order valence-electron chi connectivity index (χ2n) is 3.43. The van der Waals surface area contributed by atoms with E-state index in [0.717, 1.165) is 0 Å². The molecule has 0 aromatic carbocycles. The first kappa shape index (κ1) is 15.7. The summed E-state index contributed by atoms with van der Waals surface area (Å²) in [6.07, 6.45) is 1.33. The van der Waals surface area contributed by atoms with E-state index in [-0.39, 0.29) is 26.2 Å². The van der Waals surface area contributed by atoms with Crippen LogP contribution in [0, 0.1) is 5.92 Å². The van der Waals surface area contributed by atoms with Crippen LogP contribution in [-0.4, -0.2) is 47.6 Å². The van der Waals surface area contributed by atoms with E-state index in [4.69, 9.17) is 10.2 Å². The van der Waals surface area contributed by atoms with Crippen LogP contribution < -0.4 is 0 Å². The average molecular weight is 246 g/mol. The second kappa shape index (κ2) is 8.83. The minimum atomic E-state index is -0.832. The summed E-state index contributed by atoms with van der Waals surface area (Å²) in [5.41, 5.74) is 0. The molecule has 1 aliphatic rings. The highest BCUT2D eigenvalue weighted by molar-refractivity contribution is 6.41. The summed E-state index contributed by atoms with van der Waals surface area (Å²) in [6, 6.07) is 0. The fourth-order valence-electron chi connectivity index (χ4n) is 1.38. The van der Waals surface area contributed by atoms with Gasteiger partial charge in [0.05, 0.1) is 19.8 Å². The molecule has 0 bridgehead atoms. The van der Waals surface area contributed by atoms with Crippen molar-refractivity contribution in [2.45, 2.75) is 26.2 Å². The first-order valence-corrected chi connectivity index (χ1v) is 5.53. The van der Waals surface area contributed by atoms with Crippen LogP contribution in [0.1, 0.15) is 26.2 Å². The Morgan fingerprint density at radius 1 is 1.35 bits per heavy atom. The van der Waals surface area contributed by atoms with Gasteiger partial charge in [-0.05, 0) is 19.8 Å². The third-order valence-corrected chi connectivity index (χ3v) is 2.16. The molecule has 1 unspecified atom stereocenters. The van der Waals surface area contributed by atoms with Crippen molar-refractivity contribution in [1.82, 2.24) is 0 Å². The lowest BCUT2D eigenvalue weighted by Crippen LogP contribution is -2.35. The molecule has 0 aromatic rings. The molecule has 0 spiro atoms. The molecule has 0 aliphatic heterocycles. The van der Waals surface area contributed by atoms with Gasteiger partial charge in [0.25, 0.3) is 0 Å². The number of hydrogen-bond acceptors (Lipinski definition) is 6. The lowest BCUT2D eigenvalue weighted by molar-refractivity contribution is -0.156. The van der Waals surface area contributed by atoms with Crippen molar-refractivity contribution in [2.24, 2.45) is 5.92 Å². The monoisotopic (exact) mass is 246 g/mol. The molecule has 0 radical (unpaired) electrons. The molecule has 1 rings (SSSR count). The lowest BCUT2D eigenvalue weighted by Gasteiger charge is -2.17. The Morgan fingerprint density at radius 2 is 1.94 bits per heavy atom. The van der Waals surface area contributed by atoms with Gasteiger partial charge in [-0.2, -0.15) is 0 Å². The van der Waals surface area contributed by atoms with Crippen molar-refractivity contribution >= 4 is 17.5 Å². The Morgan fingerprint density at radius 3 is 2.41 bits per heavy atom. The van der Waals surface area contributed by atoms with Crippen LogP contribution >= 0.6 is 0 Å². The predicted octanol–water partition coefficient (Wildman–Crippen LogP) is -0.541. The van der Waals surface area contributed by atoms with Gasteiger partial charge in [0.2, 0.25) is 5.78 Å². The third-order valence-electron chi connectivity index (χ3n) is 2.16. The fourth-order valence-corrected chi connectivity index (χ4v) is 1.38. The molecular weight excluding hydrogens is 228 g/mol. The van der Waals surface area contributed by atoms with E-state index in [9.17, 15) is 14.4 Å². The Labute approximate surface area is 99.6 Å². The van der Waals surface area contributed by atoms with Gasteiger partial charge < -0.3 is 14.9 Å². The summed E-state index contributed by atoms with van der Waals surface area (Å²) >= 11 is 0. The molecule has 6 nitrogen and oxygen atoms in total. The number of carbonyl (C=O) groups excluding carboxylic acids is 3. The van der Waals surface area contributed by atoms with E-state index in [1.807, 2.05) is 0 Å². The number of carbonyl (C=O) groups is 3. The van der Waals surface area contributed by atoms with E-state index >= 15 is 0 Å². The van der Waals surface area contributed by atoms with Gasteiger partial charge in [0.15, 0.2) is 5.78 Å². The number of aliphatic hydroxyl groups is 2. The quantitative estimate of drug-likeness (QED) is 0.394. The Kier molecular flexibility index (Phi) is 8.17. The summed E-state index contributed by atoms with van der Waals surface area (Å²) in [7, 11) is 0. The topological polar surface area (TPSA) is 101 Å². The maximum absolute atomic E-state index is 11.2. The van der Waals surface area contributed by atoms with Crippen LogP contribution in [0.5, 0.6) is 0 Å². The number of hydrogen-bond donors (Lipinski definition) is 2. The normalized spacial score (nSPS) is 19.4. The van der Waals surface area contributed by atoms with Crippen LogP contribution in [0.15, 0.2) is 0 Å². The zero-order valence-corrected chi connectivity index (χ0v) is 9.85. The molecule has 1 atom stereocenters. The van der Waals surface area contributed by atoms with Crippen molar-refractivity contribution in [1.29, 1.82) is 0 Å². The third kappa shape index (κ3) is 5.55. The van der Waals surface area contributed by atoms with E-state index in [1.54, 1.807) is 6.92 Å². The van der Waals surface area contributed by atoms with Crippen LogP contribution in [-0.2, 0) is 19.1 Å². The summed E-state index contributed by atoms with van der Waals surface area (Å²) in [5.74, 6) is -2.41. The van der Waals surface area contributed by atoms with Gasteiger partial charge in [-0.1, -0.05) is 0 Å². The minimum absolute atomic E-state index is 0.125. The van der Waals surface area contributed by atoms with Crippen LogP contribution in [0.3, 0.4) is 0 Å². The number of ether oxygens (including phenoxy) is 1. The Balaban J connectivity index is 0.000000557. The highest BCUT2D eigenvalue weighted by Gasteiger charge is 2.35. The second-order valence-corrected chi connectivity index (χ2v) is 3.43. The summed E-state index contributed by atoms with van der Waals surface area (Å²) in [4.78, 5) is 33.3. The molecular formula is C11H18O6. The molecule has 0 heterocycles. The molecule has 6 heteroatoms. The number of aliphatic hydroxyl groups excluding tert-OH is 2. The van der Waals surface area contributed by atoms with Crippen molar-refractivity contribution in [3.8, 4) is 0 Å². The molecule has 0 aromatic heterocycles. The van der Waals surface area contributed by atoms with E-state index in [2.05, 4.69) is 4.74 Å². The standard InChI is InChI=1S/C9H12O4.C2H6O2/c1-2-13-9(12)6-4-3-5-7(10)8(6)11;3-1-2-4/h6H,2-5H2,1H3;3-4H,1-2H2. The Hall–Kier alpha value is -1.27. The van der Waals surface area contributed by atoms with Crippen molar-refractivity contribution in [3.05, 3.63) is 0 Å². The van der Waals surface area contributed by atoms with Gasteiger partial charge in [-0.3, -0.25) is 14.4 Å². The van der Waals surface area contributed by atoms with Gasteiger partial charge in [-0.15, -0.1) is 0 Å². The molecule has 98 valence electrons. The summed E-state index contributed by atoms with van der Waals surface area (Å²) < 4.78 is 4.69. The zero-order chi connectivity index (χ0) is 13.3. The van der Waals surface area contributed by atoms with Crippen LogP contribution in [0.2, 0.25) is 0 Å². The predicted molar refractivity (Wildman–Crippen MR) is 58.2 cm³/mol. The smallest absolute Gasteiger partial charge is 0.316 e. The zero-order valence-electron chi connectivity index (χ0n) is 9.85. The van der Waals surface area contributed by atoms with Crippen molar-refractivity contribution in [2.75, 3.05) is 19.8 Å². The molecule has 17 heavy (non-hydrogen) atoms. The number of ketones is 2. The van der Waals surface area contributed by atoms with E-state index < -0.39 is 23.5 Å².